The molecule has 2 rings (SSSR count). The summed E-state index contributed by atoms with van der Waals surface area (Å²) in [7, 11) is -1.72. The fraction of sp³-hybridized carbons (Fsp3) is 0.500. The Balaban J connectivity index is 1.95. The van der Waals surface area contributed by atoms with Crippen molar-refractivity contribution < 1.29 is 8.42 Å². The van der Waals surface area contributed by atoms with Crippen molar-refractivity contribution in [2.45, 2.75) is 24.4 Å². The van der Waals surface area contributed by atoms with Gasteiger partial charge >= 0.3 is 0 Å². The van der Waals surface area contributed by atoms with Crippen LogP contribution in [0.2, 0.25) is 0 Å². The smallest absolute Gasteiger partial charge is 0.244 e. The molecule has 0 spiro atoms. The van der Waals surface area contributed by atoms with Crippen molar-refractivity contribution in [3.63, 3.8) is 0 Å². The normalized spacial score (nSPS) is 11.8. The molecule has 2 aromatic heterocycles. The van der Waals surface area contributed by atoms with Crippen molar-refractivity contribution in [2.24, 2.45) is 0 Å². The number of hydrogen-bond acceptors (Lipinski definition) is 6. The average Bonchev–Trinajstić information content (AvgIpc) is 3.08. The maximum Gasteiger partial charge on any atom is 0.244 e. The predicted octanol–water partition coefficient (Wildman–Crippen LogP) is -0.911. The molecule has 0 aromatic carbocycles. The SMILES string of the molecule is CNCCCn1cc(S(=O)(=O)NCc2ncn[nH]2)cn1. The number of aromatic amines is 1. The Kier molecular flexibility index (Phi) is 4.82. The molecule has 0 aliphatic rings. The van der Waals surface area contributed by atoms with Crippen LogP contribution in [-0.4, -0.2) is 47.0 Å². The highest BCUT2D eigenvalue weighted by Gasteiger charge is 2.16. The van der Waals surface area contributed by atoms with Crippen LogP contribution in [0.4, 0.5) is 0 Å². The van der Waals surface area contributed by atoms with E-state index in [1.165, 1.54) is 18.7 Å². The van der Waals surface area contributed by atoms with Gasteiger partial charge < -0.3 is 5.32 Å². The van der Waals surface area contributed by atoms with E-state index in [2.05, 4.69) is 30.3 Å². The van der Waals surface area contributed by atoms with E-state index in [0.29, 0.717) is 12.4 Å². The molecule has 0 saturated carbocycles. The van der Waals surface area contributed by atoms with Crippen molar-refractivity contribution in [1.29, 1.82) is 0 Å². The number of H-pyrrole nitrogens is 1. The van der Waals surface area contributed by atoms with Crippen LogP contribution >= 0.6 is 0 Å². The maximum absolute atomic E-state index is 12.0. The molecule has 0 atom stereocenters. The van der Waals surface area contributed by atoms with E-state index in [-0.39, 0.29) is 11.4 Å². The van der Waals surface area contributed by atoms with E-state index in [0.717, 1.165) is 13.0 Å². The van der Waals surface area contributed by atoms with Gasteiger partial charge in [0.2, 0.25) is 10.0 Å². The van der Waals surface area contributed by atoms with Gasteiger partial charge in [-0.3, -0.25) is 9.78 Å². The quantitative estimate of drug-likeness (QED) is 0.543. The molecule has 0 saturated heterocycles. The highest BCUT2D eigenvalue weighted by atomic mass is 32.2. The lowest BCUT2D eigenvalue weighted by Crippen LogP contribution is -2.23. The van der Waals surface area contributed by atoms with Gasteiger partial charge in [0.15, 0.2) is 0 Å². The molecule has 0 unspecified atom stereocenters. The third-order valence-corrected chi connectivity index (χ3v) is 3.98. The standard InChI is InChI=1S/C10H17N7O2S/c1-11-3-2-4-17-7-9(5-14-17)20(18,19)15-6-10-12-8-13-16-10/h5,7-8,11,15H,2-4,6H2,1H3,(H,12,13,16). The molecule has 0 bridgehead atoms. The molecule has 2 aromatic rings. The highest BCUT2D eigenvalue weighted by Crippen LogP contribution is 2.07. The van der Waals surface area contributed by atoms with Crippen LogP contribution in [0.3, 0.4) is 0 Å². The monoisotopic (exact) mass is 299 g/mol. The molecule has 0 aliphatic heterocycles. The predicted molar refractivity (Wildman–Crippen MR) is 71.2 cm³/mol. The number of aromatic nitrogens is 5. The van der Waals surface area contributed by atoms with Crippen LogP contribution in [0.1, 0.15) is 12.2 Å². The Hall–Kier alpha value is -1.78. The third-order valence-electron chi connectivity index (χ3n) is 2.63. The number of nitrogens with one attached hydrogen (secondary N) is 3. The molecule has 20 heavy (non-hydrogen) atoms. The van der Waals surface area contributed by atoms with Gasteiger partial charge in [-0.25, -0.2) is 18.1 Å². The molecule has 110 valence electrons. The molecule has 3 N–H and O–H groups in total. The van der Waals surface area contributed by atoms with Crippen LogP contribution in [0.15, 0.2) is 23.6 Å². The first-order valence-corrected chi connectivity index (χ1v) is 7.61. The van der Waals surface area contributed by atoms with Crippen molar-refractivity contribution >= 4 is 10.0 Å². The number of aryl methyl sites for hydroxylation is 1. The van der Waals surface area contributed by atoms with Gasteiger partial charge in [0.25, 0.3) is 0 Å². The van der Waals surface area contributed by atoms with Gasteiger partial charge in [-0.15, -0.1) is 0 Å². The van der Waals surface area contributed by atoms with Gasteiger partial charge in [-0.2, -0.15) is 10.2 Å². The van der Waals surface area contributed by atoms with E-state index in [4.69, 9.17) is 0 Å². The molecule has 0 fully saturated rings. The lowest BCUT2D eigenvalue weighted by Gasteiger charge is -2.02. The molecule has 9 nitrogen and oxygen atoms in total. The molecule has 0 aliphatic carbocycles. The van der Waals surface area contributed by atoms with Gasteiger partial charge in [0, 0.05) is 12.7 Å². The topological polar surface area (TPSA) is 118 Å². The average molecular weight is 299 g/mol. The fourth-order valence-electron chi connectivity index (χ4n) is 1.59. The Morgan fingerprint density at radius 3 is 3.00 bits per heavy atom. The van der Waals surface area contributed by atoms with Gasteiger partial charge in [-0.1, -0.05) is 0 Å². The number of sulfonamides is 1. The van der Waals surface area contributed by atoms with Gasteiger partial charge in [-0.05, 0) is 20.0 Å². The lowest BCUT2D eigenvalue weighted by molar-refractivity contribution is 0.560. The summed E-state index contributed by atoms with van der Waals surface area (Å²) in [6.45, 7) is 1.58. The molecule has 0 radical (unpaired) electrons. The van der Waals surface area contributed by atoms with Gasteiger partial charge in [0.05, 0.1) is 12.7 Å². The van der Waals surface area contributed by atoms with Crippen LogP contribution < -0.4 is 10.0 Å². The molecule has 2 heterocycles. The van der Waals surface area contributed by atoms with Crippen LogP contribution in [0.25, 0.3) is 0 Å². The number of rotatable bonds is 8. The Morgan fingerprint density at radius 1 is 1.45 bits per heavy atom. The largest absolute Gasteiger partial charge is 0.320 e. The second-order valence-corrected chi connectivity index (χ2v) is 5.92. The zero-order valence-corrected chi connectivity index (χ0v) is 11.9. The first-order valence-electron chi connectivity index (χ1n) is 6.13. The summed E-state index contributed by atoms with van der Waals surface area (Å²) in [6.07, 6.45) is 5.05. The molecule has 0 amide bonds. The summed E-state index contributed by atoms with van der Waals surface area (Å²) in [6, 6.07) is 0. The summed E-state index contributed by atoms with van der Waals surface area (Å²) in [5.41, 5.74) is 0. The van der Waals surface area contributed by atoms with Crippen LogP contribution in [-0.2, 0) is 23.1 Å². The molecular formula is C10H17N7O2S. The number of nitrogens with zero attached hydrogens (tertiary/aromatic N) is 4. The van der Waals surface area contributed by atoms with Crippen molar-refractivity contribution in [2.75, 3.05) is 13.6 Å². The Morgan fingerprint density at radius 2 is 2.30 bits per heavy atom. The summed E-state index contributed by atoms with van der Waals surface area (Å²) in [4.78, 5) is 3.99. The van der Waals surface area contributed by atoms with E-state index in [1.807, 2.05) is 7.05 Å². The summed E-state index contributed by atoms with van der Waals surface area (Å²) in [5, 5.41) is 13.3. The van der Waals surface area contributed by atoms with E-state index >= 15 is 0 Å². The first-order chi connectivity index (χ1) is 9.62. The first kappa shape index (κ1) is 14.6. The van der Waals surface area contributed by atoms with Crippen molar-refractivity contribution in [3.8, 4) is 0 Å². The van der Waals surface area contributed by atoms with E-state index in [9.17, 15) is 8.42 Å². The lowest BCUT2D eigenvalue weighted by atomic mass is 10.4. The fourth-order valence-corrected chi connectivity index (χ4v) is 2.53. The Bertz CT molecular complexity index is 620. The minimum Gasteiger partial charge on any atom is -0.320 e. The number of hydrogen-bond donors (Lipinski definition) is 3. The highest BCUT2D eigenvalue weighted by molar-refractivity contribution is 7.89. The summed E-state index contributed by atoms with van der Waals surface area (Å²) in [5.74, 6) is 0.454. The van der Waals surface area contributed by atoms with Crippen molar-refractivity contribution in [3.05, 3.63) is 24.5 Å². The minimum absolute atomic E-state index is 0.0628. The minimum atomic E-state index is -3.58. The maximum atomic E-state index is 12.0. The zero-order valence-electron chi connectivity index (χ0n) is 11.1. The van der Waals surface area contributed by atoms with Crippen molar-refractivity contribution in [1.82, 2.24) is 35.0 Å². The van der Waals surface area contributed by atoms with Gasteiger partial charge in [0.1, 0.15) is 17.0 Å². The molecular weight excluding hydrogens is 282 g/mol. The third kappa shape index (κ3) is 3.85. The van der Waals surface area contributed by atoms with E-state index in [1.54, 1.807) is 4.68 Å². The van der Waals surface area contributed by atoms with Crippen LogP contribution in [0.5, 0.6) is 0 Å². The second kappa shape index (κ2) is 6.59. The summed E-state index contributed by atoms with van der Waals surface area (Å²) >= 11 is 0. The second-order valence-electron chi connectivity index (χ2n) is 4.15. The van der Waals surface area contributed by atoms with Crippen LogP contribution in [0, 0.1) is 0 Å². The van der Waals surface area contributed by atoms with E-state index < -0.39 is 10.0 Å². The molecule has 10 heteroatoms. The Labute approximate surface area is 116 Å². The zero-order chi connectivity index (χ0) is 14.4. The summed E-state index contributed by atoms with van der Waals surface area (Å²) < 4.78 is 28.1.